The molecule has 0 saturated heterocycles. The molecule has 0 aliphatic rings. The number of benzene rings is 1. The zero-order valence-corrected chi connectivity index (χ0v) is 11.5. The third-order valence-electron chi connectivity index (χ3n) is 2.87. The van der Waals surface area contributed by atoms with Gasteiger partial charge in [-0.25, -0.2) is 8.42 Å². The molecule has 0 aliphatic heterocycles. The standard InChI is InChI=1S/C13H15N3O2S/c1-9-11(14)5-3-7-13(9)19(17,18)16-12-6-4-8-15-10(12)2/h3-8,16H,14H2,1-2H3. The highest BCUT2D eigenvalue weighted by Crippen LogP contribution is 2.23. The molecule has 1 aromatic heterocycles. The number of aromatic nitrogens is 1. The first kappa shape index (κ1) is 13.4. The SMILES string of the molecule is Cc1ncccc1NS(=O)(=O)c1cccc(N)c1C. The molecule has 0 amide bonds. The van der Waals surface area contributed by atoms with Crippen LogP contribution in [0.3, 0.4) is 0 Å². The van der Waals surface area contributed by atoms with E-state index in [0.717, 1.165) is 0 Å². The Balaban J connectivity index is 2.44. The van der Waals surface area contributed by atoms with E-state index < -0.39 is 10.0 Å². The lowest BCUT2D eigenvalue weighted by molar-refractivity contribution is 0.600. The molecule has 1 aromatic carbocycles. The molecule has 0 saturated carbocycles. The molecule has 0 spiro atoms. The van der Waals surface area contributed by atoms with Crippen LogP contribution in [0.2, 0.25) is 0 Å². The van der Waals surface area contributed by atoms with Gasteiger partial charge in [0, 0.05) is 11.9 Å². The van der Waals surface area contributed by atoms with Crippen LogP contribution in [0, 0.1) is 13.8 Å². The minimum Gasteiger partial charge on any atom is -0.398 e. The number of rotatable bonds is 3. The van der Waals surface area contributed by atoms with Crippen molar-refractivity contribution in [2.24, 2.45) is 0 Å². The van der Waals surface area contributed by atoms with E-state index >= 15 is 0 Å². The number of nitrogens with two attached hydrogens (primary N) is 1. The predicted molar refractivity (Wildman–Crippen MR) is 75.4 cm³/mol. The number of aryl methyl sites for hydroxylation is 1. The number of nitrogen functional groups attached to an aromatic ring is 1. The first-order chi connectivity index (χ1) is 8.92. The van der Waals surface area contributed by atoms with Gasteiger partial charge in [-0.2, -0.15) is 0 Å². The number of nitrogens with one attached hydrogen (secondary N) is 1. The zero-order chi connectivity index (χ0) is 14.0. The second kappa shape index (κ2) is 4.89. The normalized spacial score (nSPS) is 11.3. The molecule has 6 heteroatoms. The van der Waals surface area contributed by atoms with Gasteiger partial charge in [-0.3, -0.25) is 9.71 Å². The predicted octanol–water partition coefficient (Wildman–Crippen LogP) is 2.08. The minimum absolute atomic E-state index is 0.177. The lowest BCUT2D eigenvalue weighted by Crippen LogP contribution is -2.15. The van der Waals surface area contributed by atoms with Gasteiger partial charge in [0.25, 0.3) is 10.0 Å². The highest BCUT2D eigenvalue weighted by atomic mass is 32.2. The molecule has 0 atom stereocenters. The molecular weight excluding hydrogens is 262 g/mol. The molecule has 0 fully saturated rings. The van der Waals surface area contributed by atoms with Crippen LogP contribution in [0.1, 0.15) is 11.3 Å². The molecule has 1 heterocycles. The lowest BCUT2D eigenvalue weighted by atomic mass is 10.2. The molecule has 0 unspecified atom stereocenters. The van der Waals surface area contributed by atoms with Crippen LogP contribution < -0.4 is 10.5 Å². The van der Waals surface area contributed by atoms with Crippen LogP contribution >= 0.6 is 0 Å². The molecule has 5 nitrogen and oxygen atoms in total. The van der Waals surface area contributed by atoms with Crippen LogP contribution in [-0.2, 0) is 10.0 Å². The van der Waals surface area contributed by atoms with Crippen molar-refractivity contribution in [3.05, 3.63) is 47.8 Å². The molecule has 2 aromatic rings. The van der Waals surface area contributed by atoms with Crippen molar-refractivity contribution >= 4 is 21.4 Å². The van der Waals surface area contributed by atoms with Crippen LogP contribution in [0.25, 0.3) is 0 Å². The average Bonchev–Trinajstić information content (AvgIpc) is 2.35. The fourth-order valence-electron chi connectivity index (χ4n) is 1.71. The average molecular weight is 277 g/mol. The van der Waals surface area contributed by atoms with Gasteiger partial charge >= 0.3 is 0 Å². The monoisotopic (exact) mass is 277 g/mol. The van der Waals surface area contributed by atoms with Crippen LogP contribution in [0.15, 0.2) is 41.4 Å². The van der Waals surface area contributed by atoms with Crippen molar-refractivity contribution in [1.29, 1.82) is 0 Å². The van der Waals surface area contributed by atoms with Crippen molar-refractivity contribution in [2.45, 2.75) is 18.7 Å². The third-order valence-corrected chi connectivity index (χ3v) is 4.38. The van der Waals surface area contributed by atoms with Gasteiger partial charge in [0.05, 0.1) is 16.3 Å². The summed E-state index contributed by atoms with van der Waals surface area (Å²) in [5, 5.41) is 0. The summed E-state index contributed by atoms with van der Waals surface area (Å²) in [7, 11) is -3.66. The summed E-state index contributed by atoms with van der Waals surface area (Å²) in [6.07, 6.45) is 1.61. The summed E-state index contributed by atoms with van der Waals surface area (Å²) in [5.74, 6) is 0. The molecule has 0 aliphatic carbocycles. The van der Waals surface area contributed by atoms with E-state index in [0.29, 0.717) is 22.6 Å². The maximum Gasteiger partial charge on any atom is 0.262 e. The maximum absolute atomic E-state index is 12.3. The van der Waals surface area contributed by atoms with Gasteiger partial charge in [-0.15, -0.1) is 0 Å². The number of pyridine rings is 1. The van der Waals surface area contributed by atoms with Gasteiger partial charge in [0.2, 0.25) is 0 Å². The molecule has 100 valence electrons. The highest BCUT2D eigenvalue weighted by molar-refractivity contribution is 7.92. The van der Waals surface area contributed by atoms with E-state index in [2.05, 4.69) is 9.71 Å². The second-order valence-corrected chi connectivity index (χ2v) is 5.86. The van der Waals surface area contributed by atoms with Crippen molar-refractivity contribution < 1.29 is 8.42 Å². The third kappa shape index (κ3) is 2.68. The summed E-state index contributed by atoms with van der Waals surface area (Å²) < 4.78 is 27.2. The summed E-state index contributed by atoms with van der Waals surface area (Å²) in [4.78, 5) is 4.22. The Hall–Kier alpha value is -2.08. The van der Waals surface area contributed by atoms with Gasteiger partial charge in [0.1, 0.15) is 0 Å². The quantitative estimate of drug-likeness (QED) is 0.841. The van der Waals surface area contributed by atoms with Crippen LogP contribution in [0.4, 0.5) is 11.4 Å². The number of anilines is 2. The van der Waals surface area contributed by atoms with E-state index in [1.807, 2.05) is 0 Å². The number of hydrogen-bond donors (Lipinski definition) is 2. The first-order valence-corrected chi connectivity index (χ1v) is 7.19. The largest absolute Gasteiger partial charge is 0.398 e. The summed E-state index contributed by atoms with van der Waals surface area (Å²) in [6.45, 7) is 3.42. The summed E-state index contributed by atoms with van der Waals surface area (Å²) >= 11 is 0. The van der Waals surface area contributed by atoms with E-state index in [4.69, 9.17) is 5.73 Å². The fourth-order valence-corrected chi connectivity index (χ4v) is 3.11. The highest BCUT2D eigenvalue weighted by Gasteiger charge is 2.18. The fraction of sp³-hybridized carbons (Fsp3) is 0.154. The summed E-state index contributed by atoms with van der Waals surface area (Å²) in [6, 6.07) is 8.16. The zero-order valence-electron chi connectivity index (χ0n) is 10.7. The van der Waals surface area contributed by atoms with Gasteiger partial charge < -0.3 is 5.73 Å². The van der Waals surface area contributed by atoms with Crippen LogP contribution in [-0.4, -0.2) is 13.4 Å². The van der Waals surface area contributed by atoms with Gasteiger partial charge in [0.15, 0.2) is 0 Å². The molecule has 2 rings (SSSR count). The van der Waals surface area contributed by atoms with E-state index in [-0.39, 0.29) is 4.90 Å². The Labute approximate surface area is 112 Å². The topological polar surface area (TPSA) is 85.1 Å². The molecular formula is C13H15N3O2S. The Bertz CT molecular complexity index is 712. The molecule has 0 bridgehead atoms. The number of nitrogens with zero attached hydrogens (tertiary/aromatic N) is 1. The number of sulfonamides is 1. The number of hydrogen-bond acceptors (Lipinski definition) is 4. The van der Waals surface area contributed by atoms with Crippen molar-refractivity contribution in [3.8, 4) is 0 Å². The smallest absolute Gasteiger partial charge is 0.262 e. The minimum atomic E-state index is -3.66. The molecule has 3 N–H and O–H groups in total. The maximum atomic E-state index is 12.3. The molecule has 19 heavy (non-hydrogen) atoms. The summed E-state index contributed by atoms with van der Waals surface area (Å²) in [5.41, 5.74) is 7.80. The van der Waals surface area contributed by atoms with Crippen molar-refractivity contribution in [3.63, 3.8) is 0 Å². The van der Waals surface area contributed by atoms with Crippen molar-refractivity contribution in [2.75, 3.05) is 10.5 Å². The van der Waals surface area contributed by atoms with E-state index in [1.54, 1.807) is 44.3 Å². The lowest BCUT2D eigenvalue weighted by Gasteiger charge is -2.12. The molecule has 0 radical (unpaired) electrons. The van der Waals surface area contributed by atoms with Crippen molar-refractivity contribution in [1.82, 2.24) is 4.98 Å². The Morgan fingerprint density at radius 1 is 1.16 bits per heavy atom. The Morgan fingerprint density at radius 2 is 1.89 bits per heavy atom. The van der Waals surface area contributed by atoms with E-state index in [9.17, 15) is 8.42 Å². The van der Waals surface area contributed by atoms with Gasteiger partial charge in [-0.05, 0) is 43.7 Å². The second-order valence-electron chi connectivity index (χ2n) is 4.21. The van der Waals surface area contributed by atoms with Crippen LogP contribution in [0.5, 0.6) is 0 Å². The Kier molecular flexibility index (Phi) is 3.44. The first-order valence-electron chi connectivity index (χ1n) is 5.71. The van der Waals surface area contributed by atoms with Gasteiger partial charge in [-0.1, -0.05) is 6.07 Å². The van der Waals surface area contributed by atoms with E-state index in [1.165, 1.54) is 6.07 Å². The Morgan fingerprint density at radius 3 is 2.58 bits per heavy atom.